The molecular formula is C34H30Cl2N6O6. The summed E-state index contributed by atoms with van der Waals surface area (Å²) in [5.74, 6) is -1.54. The number of nitrogens with one attached hydrogen (secondary N) is 2. The molecule has 0 saturated heterocycles. The van der Waals surface area contributed by atoms with Crippen molar-refractivity contribution >= 4 is 69.3 Å². The summed E-state index contributed by atoms with van der Waals surface area (Å²) in [6, 6.07) is 20.5. The number of rotatable bonds is 13. The molecule has 0 aliphatic heterocycles. The average molecular weight is 690 g/mol. The van der Waals surface area contributed by atoms with Crippen molar-refractivity contribution in [1.29, 1.82) is 0 Å². The number of hydrogen-bond donors (Lipinski definition) is 2. The van der Waals surface area contributed by atoms with Gasteiger partial charge in [-0.25, -0.2) is 0 Å². The van der Waals surface area contributed by atoms with Gasteiger partial charge in [-0.05, 0) is 73.5 Å². The lowest BCUT2D eigenvalue weighted by Gasteiger charge is -2.12. The number of halogens is 2. The van der Waals surface area contributed by atoms with Crippen LogP contribution in [0.3, 0.4) is 0 Å². The fourth-order valence-corrected chi connectivity index (χ4v) is 4.75. The predicted octanol–water partition coefficient (Wildman–Crippen LogP) is 8.04. The van der Waals surface area contributed by atoms with Gasteiger partial charge in [0.25, 0.3) is 11.8 Å². The van der Waals surface area contributed by atoms with Crippen LogP contribution in [-0.2, 0) is 19.2 Å². The molecule has 0 aliphatic rings. The maximum absolute atomic E-state index is 12.8. The Labute approximate surface area is 286 Å². The lowest BCUT2D eigenvalue weighted by Crippen LogP contribution is -2.31. The van der Waals surface area contributed by atoms with Crippen molar-refractivity contribution in [3.8, 4) is 22.6 Å². The second kappa shape index (κ2) is 16.4. The summed E-state index contributed by atoms with van der Waals surface area (Å²) in [6.07, 6.45) is 0. The standard InChI is InChI=1S/C34H30Cl2N6O6/c1-19(43)31(33(45)37-27-9-5-7-11-29(27)47-3)41-39-25-15-13-21(17-23(25)35)22-14-16-26(24(36)18-22)40-42-32(20(2)44)34(46)38-28-10-6-8-12-30(28)48-4/h5-18,31-32H,1-4H3,(H,37,45)(H,38,46)/t31-,32+. The molecule has 0 fully saturated rings. The van der Waals surface area contributed by atoms with Gasteiger partial charge in [-0.15, -0.1) is 0 Å². The molecule has 0 saturated carbocycles. The number of carbonyl (C=O) groups is 4. The Morgan fingerprint density at radius 3 is 1.31 bits per heavy atom. The van der Waals surface area contributed by atoms with Crippen LogP contribution in [0.15, 0.2) is 105 Å². The molecule has 0 bridgehead atoms. The van der Waals surface area contributed by atoms with Crippen LogP contribution in [0, 0.1) is 0 Å². The molecule has 2 amide bonds. The molecule has 48 heavy (non-hydrogen) atoms. The molecular weight excluding hydrogens is 659 g/mol. The first-order chi connectivity index (χ1) is 23.0. The van der Waals surface area contributed by atoms with Crippen LogP contribution in [0.2, 0.25) is 10.0 Å². The van der Waals surface area contributed by atoms with E-state index in [2.05, 4.69) is 31.1 Å². The molecule has 0 unspecified atom stereocenters. The Balaban J connectivity index is 1.48. The van der Waals surface area contributed by atoms with Crippen LogP contribution in [-0.4, -0.2) is 49.7 Å². The second-order valence-corrected chi connectivity index (χ2v) is 11.0. The van der Waals surface area contributed by atoms with E-state index in [0.717, 1.165) is 0 Å². The molecule has 0 radical (unpaired) electrons. The lowest BCUT2D eigenvalue weighted by molar-refractivity contribution is -0.127. The smallest absolute Gasteiger partial charge is 0.258 e. The molecule has 2 N–H and O–H groups in total. The monoisotopic (exact) mass is 688 g/mol. The molecule has 4 rings (SSSR count). The minimum absolute atomic E-state index is 0.203. The van der Waals surface area contributed by atoms with Crippen LogP contribution >= 0.6 is 23.2 Å². The number of ketones is 2. The number of Topliss-reactive ketones (excluding diaryl/α,β-unsaturated/α-hetero) is 2. The summed E-state index contributed by atoms with van der Waals surface area (Å²) in [4.78, 5) is 50.1. The van der Waals surface area contributed by atoms with E-state index in [1.165, 1.54) is 28.1 Å². The van der Waals surface area contributed by atoms with Gasteiger partial charge in [-0.2, -0.15) is 20.5 Å². The molecule has 14 heteroatoms. The zero-order valence-corrected chi connectivity index (χ0v) is 27.7. The Morgan fingerprint density at radius 1 is 0.604 bits per heavy atom. The highest BCUT2D eigenvalue weighted by Crippen LogP contribution is 2.35. The van der Waals surface area contributed by atoms with E-state index in [4.69, 9.17) is 32.7 Å². The van der Waals surface area contributed by atoms with Gasteiger partial charge in [0.05, 0.1) is 35.6 Å². The number of carbonyl (C=O) groups excluding carboxylic acids is 4. The van der Waals surface area contributed by atoms with Crippen molar-refractivity contribution in [3.05, 3.63) is 95.0 Å². The number of para-hydroxylation sites is 4. The first-order valence-corrected chi connectivity index (χ1v) is 15.1. The van der Waals surface area contributed by atoms with E-state index in [0.29, 0.717) is 34.0 Å². The minimum Gasteiger partial charge on any atom is -0.495 e. The molecule has 4 aromatic rings. The molecule has 0 aromatic heterocycles. The number of methoxy groups -OCH3 is 2. The maximum atomic E-state index is 12.8. The van der Waals surface area contributed by atoms with E-state index in [1.54, 1.807) is 84.9 Å². The van der Waals surface area contributed by atoms with Crippen molar-refractivity contribution in [2.75, 3.05) is 24.9 Å². The molecule has 0 spiro atoms. The first kappa shape index (κ1) is 35.4. The highest BCUT2D eigenvalue weighted by Gasteiger charge is 2.25. The largest absolute Gasteiger partial charge is 0.495 e. The highest BCUT2D eigenvalue weighted by molar-refractivity contribution is 6.34. The van der Waals surface area contributed by atoms with E-state index in [1.807, 2.05) is 0 Å². The zero-order valence-electron chi connectivity index (χ0n) is 26.2. The zero-order chi connectivity index (χ0) is 34.8. The van der Waals surface area contributed by atoms with Crippen molar-refractivity contribution in [2.45, 2.75) is 25.9 Å². The van der Waals surface area contributed by atoms with Gasteiger partial charge in [0.2, 0.25) is 12.1 Å². The maximum Gasteiger partial charge on any atom is 0.258 e. The summed E-state index contributed by atoms with van der Waals surface area (Å²) >= 11 is 13.0. The predicted molar refractivity (Wildman–Crippen MR) is 183 cm³/mol. The Kier molecular flexibility index (Phi) is 12.1. The second-order valence-electron chi connectivity index (χ2n) is 10.2. The third kappa shape index (κ3) is 8.87. The molecule has 0 aliphatic carbocycles. The summed E-state index contributed by atoms with van der Waals surface area (Å²) in [5.41, 5.74) is 2.56. The molecule has 12 nitrogen and oxygen atoms in total. The van der Waals surface area contributed by atoms with Gasteiger partial charge in [0.1, 0.15) is 22.9 Å². The van der Waals surface area contributed by atoms with Crippen molar-refractivity contribution in [1.82, 2.24) is 0 Å². The summed E-state index contributed by atoms with van der Waals surface area (Å²) < 4.78 is 10.5. The summed E-state index contributed by atoms with van der Waals surface area (Å²) in [6.45, 7) is 2.47. The number of nitrogens with zero attached hydrogens (tertiary/aromatic N) is 4. The number of amides is 2. The first-order valence-electron chi connectivity index (χ1n) is 14.3. The number of azo groups is 2. The summed E-state index contributed by atoms with van der Waals surface area (Å²) in [7, 11) is 2.93. The third-order valence-corrected chi connectivity index (χ3v) is 7.39. The van der Waals surface area contributed by atoms with Crippen LogP contribution in [0.4, 0.5) is 22.7 Å². The molecule has 4 aromatic carbocycles. The van der Waals surface area contributed by atoms with E-state index >= 15 is 0 Å². The fraction of sp³-hybridized carbons (Fsp3) is 0.176. The van der Waals surface area contributed by atoms with Crippen LogP contribution in [0.25, 0.3) is 11.1 Å². The number of ether oxygens (including phenoxy) is 2. The van der Waals surface area contributed by atoms with Gasteiger partial charge in [-0.3, -0.25) is 19.2 Å². The third-order valence-electron chi connectivity index (χ3n) is 6.79. The quantitative estimate of drug-likeness (QED) is 0.107. The number of hydrogen-bond acceptors (Lipinski definition) is 10. The Morgan fingerprint density at radius 2 is 0.979 bits per heavy atom. The van der Waals surface area contributed by atoms with Crippen LogP contribution in [0.1, 0.15) is 13.8 Å². The highest BCUT2D eigenvalue weighted by atomic mass is 35.5. The average Bonchev–Trinajstić information content (AvgIpc) is 3.06. The topological polar surface area (TPSA) is 160 Å². The molecule has 246 valence electrons. The van der Waals surface area contributed by atoms with Crippen molar-refractivity contribution in [2.24, 2.45) is 20.5 Å². The van der Waals surface area contributed by atoms with Gasteiger partial charge in [0, 0.05) is 0 Å². The minimum atomic E-state index is -1.42. The Hall–Kier alpha value is -5.46. The SMILES string of the molecule is COc1ccccc1NC(=O)[C@H](N=Nc1ccc(-c2ccc(N=N[C@@H](C(C)=O)C(=O)Nc3ccccc3OC)c(Cl)c2)cc1Cl)C(C)=O. The van der Waals surface area contributed by atoms with E-state index in [9.17, 15) is 19.2 Å². The van der Waals surface area contributed by atoms with E-state index < -0.39 is 35.5 Å². The number of anilines is 2. The van der Waals surface area contributed by atoms with Gasteiger partial charge < -0.3 is 20.1 Å². The van der Waals surface area contributed by atoms with Gasteiger partial charge in [-0.1, -0.05) is 59.6 Å². The number of benzene rings is 4. The van der Waals surface area contributed by atoms with E-state index in [-0.39, 0.29) is 21.4 Å². The van der Waals surface area contributed by atoms with Crippen molar-refractivity contribution < 1.29 is 28.7 Å². The molecule has 2 atom stereocenters. The van der Waals surface area contributed by atoms with Gasteiger partial charge in [0.15, 0.2) is 11.6 Å². The van der Waals surface area contributed by atoms with Crippen LogP contribution < -0.4 is 20.1 Å². The van der Waals surface area contributed by atoms with Crippen LogP contribution in [0.5, 0.6) is 11.5 Å². The normalized spacial score (nSPS) is 12.4. The lowest BCUT2D eigenvalue weighted by atomic mass is 10.0. The fourth-order valence-electron chi connectivity index (χ4n) is 4.31. The summed E-state index contributed by atoms with van der Waals surface area (Å²) in [5, 5.41) is 21.7. The van der Waals surface area contributed by atoms with Crippen molar-refractivity contribution in [3.63, 3.8) is 0 Å². The van der Waals surface area contributed by atoms with Gasteiger partial charge >= 0.3 is 0 Å². The Bertz CT molecular complexity index is 1780. The molecule has 0 heterocycles.